The van der Waals surface area contributed by atoms with Gasteiger partial charge in [-0.1, -0.05) is 0 Å². The summed E-state index contributed by atoms with van der Waals surface area (Å²) < 4.78 is 30.9. The molecule has 0 radical (unpaired) electrons. The second-order valence-corrected chi connectivity index (χ2v) is 3.36. The molecule has 2 nitrogen and oxygen atoms in total. The molecule has 0 unspecified atom stereocenters. The quantitative estimate of drug-likeness (QED) is 0.747. The Morgan fingerprint density at radius 2 is 2.06 bits per heavy atom. The number of halogens is 2. The van der Waals surface area contributed by atoms with Crippen molar-refractivity contribution in [2.24, 2.45) is 0 Å². The van der Waals surface area contributed by atoms with Gasteiger partial charge in [0.05, 0.1) is 18.1 Å². The molecule has 2 aromatic rings. The minimum Gasteiger partial charge on any atom is -0.472 e. The van der Waals surface area contributed by atoms with Gasteiger partial charge in [0, 0.05) is 6.42 Å². The fraction of sp³-hybridized carbons (Fsp3) is 0.0833. The van der Waals surface area contributed by atoms with Crippen LogP contribution in [0, 0.1) is 11.6 Å². The molecule has 0 amide bonds. The van der Waals surface area contributed by atoms with Crippen LogP contribution in [0.4, 0.5) is 8.78 Å². The van der Waals surface area contributed by atoms with E-state index in [-0.39, 0.29) is 12.0 Å². The first-order valence-electron chi connectivity index (χ1n) is 4.66. The first kappa shape index (κ1) is 10.5. The van der Waals surface area contributed by atoms with E-state index in [1.54, 1.807) is 6.07 Å². The maximum Gasteiger partial charge on any atom is 0.170 e. The molecule has 2 rings (SSSR count). The highest BCUT2D eigenvalue weighted by Crippen LogP contribution is 2.13. The molecule has 0 bridgehead atoms. The zero-order valence-electron chi connectivity index (χ0n) is 8.24. The van der Waals surface area contributed by atoms with Crippen LogP contribution in [0.15, 0.2) is 41.2 Å². The topological polar surface area (TPSA) is 30.2 Å². The summed E-state index contributed by atoms with van der Waals surface area (Å²) in [6.45, 7) is 0. The lowest BCUT2D eigenvalue weighted by Gasteiger charge is -2.01. The van der Waals surface area contributed by atoms with Crippen LogP contribution in [0.5, 0.6) is 0 Å². The zero-order chi connectivity index (χ0) is 11.5. The van der Waals surface area contributed by atoms with Gasteiger partial charge in [-0.15, -0.1) is 0 Å². The number of benzene rings is 1. The van der Waals surface area contributed by atoms with Gasteiger partial charge in [-0.3, -0.25) is 4.79 Å². The van der Waals surface area contributed by atoms with Gasteiger partial charge in [0.1, 0.15) is 11.6 Å². The van der Waals surface area contributed by atoms with E-state index in [9.17, 15) is 13.6 Å². The van der Waals surface area contributed by atoms with Gasteiger partial charge in [0.15, 0.2) is 5.78 Å². The van der Waals surface area contributed by atoms with Gasteiger partial charge in [-0.25, -0.2) is 8.78 Å². The molecule has 16 heavy (non-hydrogen) atoms. The van der Waals surface area contributed by atoms with E-state index in [0.717, 1.165) is 18.2 Å². The van der Waals surface area contributed by atoms with Crippen molar-refractivity contribution in [3.63, 3.8) is 0 Å². The van der Waals surface area contributed by atoms with Crippen LogP contribution in [-0.2, 0) is 6.42 Å². The van der Waals surface area contributed by atoms with Crippen molar-refractivity contribution in [1.82, 2.24) is 0 Å². The Morgan fingerprint density at radius 3 is 2.75 bits per heavy atom. The van der Waals surface area contributed by atoms with E-state index in [1.165, 1.54) is 12.5 Å². The number of ketones is 1. The van der Waals surface area contributed by atoms with Crippen molar-refractivity contribution in [3.8, 4) is 0 Å². The molecular weight excluding hydrogens is 214 g/mol. The lowest BCUT2D eigenvalue weighted by molar-refractivity contribution is 0.0988. The van der Waals surface area contributed by atoms with Gasteiger partial charge >= 0.3 is 0 Å². The van der Waals surface area contributed by atoms with Gasteiger partial charge in [0.25, 0.3) is 0 Å². The molecule has 1 heterocycles. The SMILES string of the molecule is O=C(Cc1ccoc1)c1cc(F)ccc1F. The smallest absolute Gasteiger partial charge is 0.170 e. The fourth-order valence-corrected chi connectivity index (χ4v) is 1.39. The molecule has 0 aliphatic carbocycles. The molecule has 0 aliphatic rings. The summed E-state index contributed by atoms with van der Waals surface area (Å²) in [5, 5.41) is 0. The molecule has 82 valence electrons. The maximum absolute atomic E-state index is 13.2. The van der Waals surface area contributed by atoms with Crippen LogP contribution in [0.3, 0.4) is 0 Å². The van der Waals surface area contributed by atoms with E-state index in [1.807, 2.05) is 0 Å². The molecule has 1 aromatic carbocycles. The Labute approximate surface area is 90.5 Å². The molecule has 1 aromatic heterocycles. The molecular formula is C12H8F2O2. The monoisotopic (exact) mass is 222 g/mol. The number of hydrogen-bond acceptors (Lipinski definition) is 2. The van der Waals surface area contributed by atoms with Crippen LogP contribution >= 0.6 is 0 Å². The minimum absolute atomic E-state index is 0.00310. The van der Waals surface area contributed by atoms with E-state index in [4.69, 9.17) is 4.42 Å². The summed E-state index contributed by atoms with van der Waals surface area (Å²) in [7, 11) is 0. The Kier molecular flexibility index (Phi) is 2.81. The standard InChI is InChI=1S/C12H8F2O2/c13-9-1-2-11(14)10(6-9)12(15)5-8-3-4-16-7-8/h1-4,6-7H,5H2. The predicted molar refractivity (Wildman–Crippen MR) is 53.1 cm³/mol. The highest BCUT2D eigenvalue weighted by molar-refractivity contribution is 5.97. The van der Waals surface area contributed by atoms with E-state index in [0.29, 0.717) is 5.56 Å². The normalized spacial score (nSPS) is 10.4. The van der Waals surface area contributed by atoms with Crippen molar-refractivity contribution in [1.29, 1.82) is 0 Å². The third-order valence-corrected chi connectivity index (χ3v) is 2.17. The van der Waals surface area contributed by atoms with Crippen molar-refractivity contribution in [2.45, 2.75) is 6.42 Å². The Bertz CT molecular complexity index is 504. The molecule has 0 spiro atoms. The number of rotatable bonds is 3. The van der Waals surface area contributed by atoms with Crippen LogP contribution < -0.4 is 0 Å². The largest absolute Gasteiger partial charge is 0.472 e. The van der Waals surface area contributed by atoms with E-state index in [2.05, 4.69) is 0 Å². The Morgan fingerprint density at radius 1 is 1.25 bits per heavy atom. The van der Waals surface area contributed by atoms with E-state index < -0.39 is 17.4 Å². The van der Waals surface area contributed by atoms with Crippen LogP contribution in [0.1, 0.15) is 15.9 Å². The summed E-state index contributed by atoms with van der Waals surface area (Å²) in [4.78, 5) is 11.6. The van der Waals surface area contributed by atoms with Crippen LogP contribution in [-0.4, -0.2) is 5.78 Å². The first-order chi connectivity index (χ1) is 7.66. The molecule has 0 aliphatic heterocycles. The second kappa shape index (κ2) is 4.26. The Hall–Kier alpha value is -1.97. The van der Waals surface area contributed by atoms with Gasteiger partial charge in [-0.05, 0) is 29.8 Å². The number of hydrogen-bond donors (Lipinski definition) is 0. The molecule has 0 atom stereocenters. The molecule has 0 fully saturated rings. The van der Waals surface area contributed by atoms with Gasteiger partial charge < -0.3 is 4.42 Å². The number of carbonyl (C=O) groups is 1. The summed E-state index contributed by atoms with van der Waals surface area (Å²) in [5.74, 6) is -1.81. The van der Waals surface area contributed by atoms with Crippen LogP contribution in [0.25, 0.3) is 0 Å². The van der Waals surface area contributed by atoms with E-state index >= 15 is 0 Å². The third kappa shape index (κ3) is 2.16. The van der Waals surface area contributed by atoms with Crippen molar-refractivity contribution in [2.75, 3.05) is 0 Å². The summed E-state index contributed by atoms with van der Waals surface area (Å²) in [6.07, 6.45) is 2.82. The van der Waals surface area contributed by atoms with Crippen molar-refractivity contribution in [3.05, 3.63) is 59.6 Å². The minimum atomic E-state index is -0.713. The molecule has 0 saturated heterocycles. The highest BCUT2D eigenvalue weighted by Gasteiger charge is 2.13. The molecule has 0 saturated carbocycles. The first-order valence-corrected chi connectivity index (χ1v) is 4.66. The van der Waals surface area contributed by atoms with Gasteiger partial charge in [0.2, 0.25) is 0 Å². The summed E-state index contributed by atoms with van der Waals surface area (Å²) in [6, 6.07) is 4.43. The average Bonchev–Trinajstić information content (AvgIpc) is 2.74. The van der Waals surface area contributed by atoms with Gasteiger partial charge in [-0.2, -0.15) is 0 Å². The zero-order valence-corrected chi connectivity index (χ0v) is 8.24. The van der Waals surface area contributed by atoms with Crippen molar-refractivity contribution < 1.29 is 18.0 Å². The predicted octanol–water partition coefficient (Wildman–Crippen LogP) is 2.98. The molecule has 0 N–H and O–H groups in total. The second-order valence-electron chi connectivity index (χ2n) is 3.36. The highest BCUT2D eigenvalue weighted by atomic mass is 19.1. The Balaban J connectivity index is 2.24. The number of furan rings is 1. The lowest BCUT2D eigenvalue weighted by atomic mass is 10.0. The number of carbonyl (C=O) groups excluding carboxylic acids is 1. The summed E-state index contributed by atoms with van der Waals surface area (Å²) in [5.41, 5.74) is 0.398. The van der Waals surface area contributed by atoms with Crippen LogP contribution in [0.2, 0.25) is 0 Å². The fourth-order valence-electron chi connectivity index (χ4n) is 1.39. The maximum atomic E-state index is 13.2. The lowest BCUT2D eigenvalue weighted by Crippen LogP contribution is -2.06. The summed E-state index contributed by atoms with van der Waals surface area (Å²) >= 11 is 0. The average molecular weight is 222 g/mol. The van der Waals surface area contributed by atoms with Crippen molar-refractivity contribution >= 4 is 5.78 Å². The molecule has 4 heteroatoms. The third-order valence-electron chi connectivity index (χ3n) is 2.17. The number of Topliss-reactive ketones (excluding diaryl/α,β-unsaturated/α-hetero) is 1.